The molecule has 0 unspecified atom stereocenters. The van der Waals surface area contributed by atoms with Crippen LogP contribution in [0.4, 0.5) is 0 Å². The lowest BCUT2D eigenvalue weighted by atomic mass is 9.78. The Morgan fingerprint density at radius 3 is 1.85 bits per heavy atom. The molecule has 0 heterocycles. The predicted octanol–water partition coefficient (Wildman–Crippen LogP) is 4.46. The third kappa shape index (κ3) is 5.09. The lowest BCUT2D eigenvalue weighted by Gasteiger charge is -2.27. The molecule has 0 spiro atoms. The summed E-state index contributed by atoms with van der Waals surface area (Å²) in [6.07, 6.45) is 1.57. The molecule has 0 aliphatic carbocycles. The fraction of sp³-hybridized carbons (Fsp3) is 0.364. The maximum atomic E-state index is 12.1. The van der Waals surface area contributed by atoms with E-state index in [-0.39, 0.29) is 22.5 Å². The summed E-state index contributed by atoms with van der Waals surface area (Å²) in [5, 5.41) is 24.1. The lowest BCUT2D eigenvalue weighted by Crippen LogP contribution is -2.19. The highest BCUT2D eigenvalue weighted by molar-refractivity contribution is 5.95. The van der Waals surface area contributed by atoms with Gasteiger partial charge in [-0.15, -0.1) is 0 Å². The molecule has 2 aromatic carbocycles. The summed E-state index contributed by atoms with van der Waals surface area (Å²) in [4.78, 5) is 12.1. The smallest absolute Gasteiger partial charge is 0.271 e. The molecule has 144 valence electrons. The van der Waals surface area contributed by atoms with Crippen molar-refractivity contribution in [2.45, 2.75) is 52.4 Å². The Morgan fingerprint density at radius 2 is 1.41 bits per heavy atom. The highest BCUT2D eigenvalue weighted by Crippen LogP contribution is 2.39. The molecule has 0 aliphatic heterocycles. The topological polar surface area (TPSA) is 81.9 Å². The van der Waals surface area contributed by atoms with Crippen LogP contribution in [0.15, 0.2) is 41.5 Å². The highest BCUT2D eigenvalue weighted by Gasteiger charge is 2.26. The van der Waals surface area contributed by atoms with Gasteiger partial charge in [-0.05, 0) is 52.8 Å². The number of carbonyl (C=O) groups excluding carboxylic acids is 1. The monoisotopic (exact) mass is 368 g/mol. The average Bonchev–Trinajstić information content (AvgIpc) is 2.54. The van der Waals surface area contributed by atoms with Crippen LogP contribution in [0.1, 0.15) is 68.6 Å². The van der Waals surface area contributed by atoms with Crippen LogP contribution in [0, 0.1) is 0 Å². The molecule has 0 radical (unpaired) electrons. The van der Waals surface area contributed by atoms with Gasteiger partial charge in [-0.25, -0.2) is 5.43 Å². The van der Waals surface area contributed by atoms with Gasteiger partial charge in [0.2, 0.25) is 0 Å². The normalized spacial score (nSPS) is 12.4. The SMILES string of the molecule is CC(C)(C)c1cc(/C=N/NC(=O)c2ccc(O)cc2)cc(C(C)(C)C)c1O. The molecule has 5 heteroatoms. The van der Waals surface area contributed by atoms with Crippen LogP contribution in [0.3, 0.4) is 0 Å². The quantitative estimate of drug-likeness (QED) is 0.553. The summed E-state index contributed by atoms with van der Waals surface area (Å²) >= 11 is 0. The van der Waals surface area contributed by atoms with E-state index in [1.165, 1.54) is 24.3 Å². The number of aromatic hydroxyl groups is 2. The average molecular weight is 368 g/mol. The summed E-state index contributed by atoms with van der Waals surface area (Å²) in [6, 6.07) is 9.72. The van der Waals surface area contributed by atoms with E-state index in [9.17, 15) is 15.0 Å². The maximum Gasteiger partial charge on any atom is 0.271 e. The van der Waals surface area contributed by atoms with Crippen molar-refractivity contribution in [3.05, 3.63) is 58.7 Å². The minimum Gasteiger partial charge on any atom is -0.508 e. The summed E-state index contributed by atoms with van der Waals surface area (Å²) in [7, 11) is 0. The first kappa shape index (κ1) is 20.5. The predicted molar refractivity (Wildman–Crippen MR) is 109 cm³/mol. The molecule has 27 heavy (non-hydrogen) atoms. The molecule has 3 N–H and O–H groups in total. The zero-order chi connectivity index (χ0) is 20.4. The molecule has 2 rings (SSSR count). The van der Waals surface area contributed by atoms with Gasteiger partial charge < -0.3 is 10.2 Å². The van der Waals surface area contributed by atoms with Crippen LogP contribution in [0.5, 0.6) is 11.5 Å². The van der Waals surface area contributed by atoms with Gasteiger partial charge in [0.1, 0.15) is 11.5 Å². The molecule has 0 saturated heterocycles. The second-order valence-corrected chi connectivity index (χ2v) is 8.71. The van der Waals surface area contributed by atoms with Crippen LogP contribution >= 0.6 is 0 Å². The van der Waals surface area contributed by atoms with Crippen LogP contribution in [0.2, 0.25) is 0 Å². The molecular formula is C22H28N2O3. The Morgan fingerprint density at radius 1 is 0.926 bits per heavy atom. The van der Waals surface area contributed by atoms with Crippen molar-refractivity contribution in [3.8, 4) is 11.5 Å². The number of nitrogens with one attached hydrogen (secondary N) is 1. The van der Waals surface area contributed by atoms with E-state index >= 15 is 0 Å². The molecule has 1 amide bonds. The van der Waals surface area contributed by atoms with E-state index < -0.39 is 0 Å². The fourth-order valence-electron chi connectivity index (χ4n) is 2.72. The first-order chi connectivity index (χ1) is 12.4. The molecule has 0 fully saturated rings. The Balaban J connectivity index is 2.31. The van der Waals surface area contributed by atoms with Gasteiger partial charge >= 0.3 is 0 Å². The van der Waals surface area contributed by atoms with Crippen molar-refractivity contribution < 1.29 is 15.0 Å². The minimum atomic E-state index is -0.364. The van der Waals surface area contributed by atoms with Gasteiger partial charge in [0.15, 0.2) is 0 Å². The summed E-state index contributed by atoms with van der Waals surface area (Å²) < 4.78 is 0. The van der Waals surface area contributed by atoms with Crippen molar-refractivity contribution in [3.63, 3.8) is 0 Å². The fourth-order valence-corrected chi connectivity index (χ4v) is 2.72. The molecule has 0 saturated carbocycles. The number of benzene rings is 2. The Hall–Kier alpha value is -2.82. The van der Waals surface area contributed by atoms with Crippen molar-refractivity contribution in [1.82, 2.24) is 5.43 Å². The van der Waals surface area contributed by atoms with Crippen LogP contribution in [0.25, 0.3) is 0 Å². The molecule has 0 bridgehead atoms. The number of hydrazone groups is 1. The van der Waals surface area contributed by atoms with Crippen molar-refractivity contribution >= 4 is 12.1 Å². The number of hydrogen-bond acceptors (Lipinski definition) is 4. The Bertz CT molecular complexity index is 820. The first-order valence-corrected chi connectivity index (χ1v) is 8.90. The van der Waals surface area contributed by atoms with Crippen LogP contribution < -0.4 is 5.43 Å². The first-order valence-electron chi connectivity index (χ1n) is 8.90. The lowest BCUT2D eigenvalue weighted by molar-refractivity contribution is 0.0955. The Kier molecular flexibility index (Phi) is 5.64. The number of rotatable bonds is 3. The van der Waals surface area contributed by atoms with E-state index in [1.807, 2.05) is 53.7 Å². The van der Waals surface area contributed by atoms with E-state index in [0.717, 1.165) is 16.7 Å². The molecule has 0 aliphatic rings. The van der Waals surface area contributed by atoms with Gasteiger partial charge in [0.05, 0.1) is 6.21 Å². The number of hydrogen-bond donors (Lipinski definition) is 3. The minimum absolute atomic E-state index is 0.101. The van der Waals surface area contributed by atoms with Crippen LogP contribution in [-0.2, 0) is 10.8 Å². The van der Waals surface area contributed by atoms with Gasteiger partial charge in [0.25, 0.3) is 5.91 Å². The Labute approximate surface area is 160 Å². The summed E-state index contributed by atoms with van der Waals surface area (Å²) in [6.45, 7) is 12.3. The largest absolute Gasteiger partial charge is 0.508 e. The summed E-state index contributed by atoms with van der Waals surface area (Å²) in [5.41, 5.74) is 4.89. The highest BCUT2D eigenvalue weighted by atomic mass is 16.3. The zero-order valence-corrected chi connectivity index (χ0v) is 16.8. The second-order valence-electron chi connectivity index (χ2n) is 8.71. The molecule has 2 aromatic rings. The van der Waals surface area contributed by atoms with Gasteiger partial charge in [0, 0.05) is 16.7 Å². The number of amides is 1. The third-order valence-corrected chi connectivity index (χ3v) is 4.26. The van der Waals surface area contributed by atoms with Crippen LogP contribution in [-0.4, -0.2) is 22.3 Å². The zero-order valence-electron chi connectivity index (χ0n) is 16.8. The number of phenolic OH excluding ortho intramolecular Hbond substituents is 2. The molecular weight excluding hydrogens is 340 g/mol. The molecule has 0 atom stereocenters. The van der Waals surface area contributed by atoms with Gasteiger partial charge in [-0.3, -0.25) is 4.79 Å². The standard InChI is InChI=1S/C22H28N2O3/c1-21(2,3)17-11-14(12-18(19(17)26)22(4,5)6)13-23-24-20(27)15-7-9-16(25)10-8-15/h7-13,25-26H,1-6H3,(H,24,27)/b23-13+. The van der Waals surface area contributed by atoms with E-state index in [2.05, 4.69) is 10.5 Å². The number of nitrogens with zero attached hydrogens (tertiary/aromatic N) is 1. The van der Waals surface area contributed by atoms with Crippen molar-refractivity contribution in [2.75, 3.05) is 0 Å². The van der Waals surface area contributed by atoms with Gasteiger partial charge in [-0.1, -0.05) is 41.5 Å². The van der Waals surface area contributed by atoms with Gasteiger partial charge in [-0.2, -0.15) is 5.10 Å². The van der Waals surface area contributed by atoms with Crippen molar-refractivity contribution in [2.24, 2.45) is 5.10 Å². The summed E-state index contributed by atoms with van der Waals surface area (Å²) in [5.74, 6) is 0.0426. The van der Waals surface area contributed by atoms with E-state index in [1.54, 1.807) is 6.21 Å². The second kappa shape index (κ2) is 7.43. The number of phenols is 2. The molecule has 0 aromatic heterocycles. The third-order valence-electron chi connectivity index (χ3n) is 4.26. The van der Waals surface area contributed by atoms with E-state index in [4.69, 9.17) is 0 Å². The molecule has 5 nitrogen and oxygen atoms in total. The van der Waals surface area contributed by atoms with E-state index in [0.29, 0.717) is 11.3 Å². The maximum absolute atomic E-state index is 12.1. The van der Waals surface area contributed by atoms with Crippen molar-refractivity contribution in [1.29, 1.82) is 0 Å². The number of carbonyl (C=O) groups is 1.